The van der Waals surface area contributed by atoms with Gasteiger partial charge in [-0.05, 0) is 67.8 Å². The van der Waals surface area contributed by atoms with Crippen molar-refractivity contribution < 1.29 is 17.5 Å². The van der Waals surface area contributed by atoms with Crippen molar-refractivity contribution in [3.8, 4) is 5.75 Å². The number of hydrogen-bond donors (Lipinski definition) is 1. The molecule has 0 spiro atoms. The van der Waals surface area contributed by atoms with Crippen molar-refractivity contribution in [2.75, 3.05) is 13.2 Å². The maximum Gasteiger partial charge on any atom is 0.240 e. The van der Waals surface area contributed by atoms with Gasteiger partial charge in [-0.15, -0.1) is 0 Å². The van der Waals surface area contributed by atoms with Crippen LogP contribution < -0.4 is 9.46 Å². The van der Waals surface area contributed by atoms with E-state index >= 15 is 0 Å². The van der Waals surface area contributed by atoms with Crippen molar-refractivity contribution in [2.45, 2.75) is 25.7 Å². The minimum atomic E-state index is -3.67. The summed E-state index contributed by atoms with van der Waals surface area (Å²) in [4.78, 5) is 0.0741. The van der Waals surface area contributed by atoms with Crippen LogP contribution in [0.25, 0.3) is 0 Å². The molecule has 0 aliphatic rings. The smallest absolute Gasteiger partial charge is 0.240 e. The normalized spacial score (nSPS) is 11.5. The maximum absolute atomic E-state index is 13.1. The third-order valence-corrected chi connectivity index (χ3v) is 5.19. The molecule has 0 aromatic heterocycles. The summed E-state index contributed by atoms with van der Waals surface area (Å²) >= 11 is 0. The number of benzene rings is 2. The van der Waals surface area contributed by atoms with Crippen molar-refractivity contribution in [3.63, 3.8) is 0 Å². The first kappa shape index (κ1) is 17.4. The van der Waals surface area contributed by atoms with E-state index in [4.69, 9.17) is 4.74 Å². The number of sulfonamides is 1. The summed E-state index contributed by atoms with van der Waals surface area (Å²) < 4.78 is 45.4. The average Bonchev–Trinajstić information content (AvgIpc) is 2.47. The lowest BCUT2D eigenvalue weighted by Crippen LogP contribution is -2.28. The topological polar surface area (TPSA) is 55.4 Å². The second kappa shape index (κ2) is 7.10. The SMILES string of the molecule is Cc1ccc(OCCNS(=O)(=O)c2ccc(F)cc2C)cc1C. The Morgan fingerprint density at radius 3 is 2.39 bits per heavy atom. The van der Waals surface area contributed by atoms with Crippen LogP contribution in [0.1, 0.15) is 16.7 Å². The number of hydrogen-bond acceptors (Lipinski definition) is 3. The fourth-order valence-electron chi connectivity index (χ4n) is 2.14. The Bertz CT molecular complexity index is 803. The Morgan fingerprint density at radius 2 is 1.74 bits per heavy atom. The number of rotatable bonds is 6. The predicted octanol–water partition coefficient (Wildman–Crippen LogP) is 3.11. The van der Waals surface area contributed by atoms with E-state index < -0.39 is 15.8 Å². The zero-order valence-corrected chi connectivity index (χ0v) is 14.2. The van der Waals surface area contributed by atoms with E-state index in [1.807, 2.05) is 32.0 Å². The van der Waals surface area contributed by atoms with Crippen LogP contribution in [0.4, 0.5) is 4.39 Å². The van der Waals surface area contributed by atoms with Crippen LogP contribution in [0, 0.1) is 26.6 Å². The lowest BCUT2D eigenvalue weighted by Gasteiger charge is -2.11. The van der Waals surface area contributed by atoms with Crippen molar-refractivity contribution in [2.24, 2.45) is 0 Å². The van der Waals surface area contributed by atoms with E-state index in [1.54, 1.807) is 6.92 Å². The highest BCUT2D eigenvalue weighted by molar-refractivity contribution is 7.89. The highest BCUT2D eigenvalue weighted by atomic mass is 32.2. The second-order valence-electron chi connectivity index (χ2n) is 5.40. The van der Waals surface area contributed by atoms with Crippen LogP contribution in [0.3, 0.4) is 0 Å². The van der Waals surface area contributed by atoms with E-state index in [1.165, 1.54) is 17.7 Å². The summed E-state index contributed by atoms with van der Waals surface area (Å²) in [6.07, 6.45) is 0. The Labute approximate surface area is 136 Å². The van der Waals surface area contributed by atoms with Crippen LogP contribution in [0.2, 0.25) is 0 Å². The van der Waals surface area contributed by atoms with Crippen LogP contribution in [-0.4, -0.2) is 21.6 Å². The Kier molecular flexibility index (Phi) is 5.38. The Hall–Kier alpha value is -1.92. The first-order valence-electron chi connectivity index (χ1n) is 7.25. The molecule has 0 bridgehead atoms. The summed E-state index contributed by atoms with van der Waals surface area (Å²) in [6.45, 7) is 5.90. The molecule has 0 saturated carbocycles. The van der Waals surface area contributed by atoms with Gasteiger partial charge >= 0.3 is 0 Å². The van der Waals surface area contributed by atoms with Gasteiger partial charge in [0.1, 0.15) is 18.2 Å². The molecule has 0 fully saturated rings. The maximum atomic E-state index is 13.1. The second-order valence-corrected chi connectivity index (χ2v) is 7.14. The molecule has 0 atom stereocenters. The molecule has 124 valence electrons. The highest BCUT2D eigenvalue weighted by Crippen LogP contribution is 2.17. The van der Waals surface area contributed by atoms with Gasteiger partial charge in [0, 0.05) is 6.54 Å². The van der Waals surface area contributed by atoms with Gasteiger partial charge in [0.05, 0.1) is 4.90 Å². The summed E-state index contributed by atoms with van der Waals surface area (Å²) in [7, 11) is -3.67. The molecule has 0 amide bonds. The van der Waals surface area contributed by atoms with Gasteiger partial charge in [0.15, 0.2) is 0 Å². The molecule has 0 unspecified atom stereocenters. The largest absolute Gasteiger partial charge is 0.492 e. The summed E-state index contributed by atoms with van der Waals surface area (Å²) in [6, 6.07) is 9.30. The minimum absolute atomic E-state index is 0.0741. The van der Waals surface area contributed by atoms with Gasteiger partial charge in [0.2, 0.25) is 10.0 Å². The fraction of sp³-hybridized carbons (Fsp3) is 0.294. The van der Waals surface area contributed by atoms with E-state index in [0.717, 1.165) is 11.6 Å². The molecule has 0 saturated heterocycles. The molecule has 1 N–H and O–H groups in total. The first-order chi connectivity index (χ1) is 10.8. The van der Waals surface area contributed by atoms with E-state index in [2.05, 4.69) is 4.72 Å². The van der Waals surface area contributed by atoms with Gasteiger partial charge in [-0.3, -0.25) is 0 Å². The van der Waals surface area contributed by atoms with Crippen molar-refractivity contribution >= 4 is 10.0 Å². The third kappa shape index (κ3) is 4.53. The lowest BCUT2D eigenvalue weighted by atomic mass is 10.1. The van der Waals surface area contributed by atoms with Gasteiger partial charge in [-0.2, -0.15) is 0 Å². The molecule has 0 heterocycles. The van der Waals surface area contributed by atoms with E-state index in [0.29, 0.717) is 11.3 Å². The Morgan fingerprint density at radius 1 is 1.00 bits per heavy atom. The number of halogens is 1. The summed E-state index contributed by atoms with van der Waals surface area (Å²) in [5.74, 6) is 0.241. The number of nitrogens with one attached hydrogen (secondary N) is 1. The van der Waals surface area contributed by atoms with Crippen molar-refractivity contribution in [1.29, 1.82) is 0 Å². The molecule has 0 aliphatic carbocycles. The Balaban J connectivity index is 1.93. The fourth-order valence-corrected chi connectivity index (χ4v) is 3.38. The van der Waals surface area contributed by atoms with E-state index in [9.17, 15) is 12.8 Å². The quantitative estimate of drug-likeness (QED) is 0.824. The van der Waals surface area contributed by atoms with Crippen molar-refractivity contribution in [1.82, 2.24) is 4.72 Å². The average molecular weight is 337 g/mol. The van der Waals surface area contributed by atoms with Crippen LogP contribution >= 0.6 is 0 Å². The molecular weight excluding hydrogens is 317 g/mol. The molecular formula is C17H20FNO3S. The monoisotopic (exact) mass is 337 g/mol. The van der Waals surface area contributed by atoms with Crippen molar-refractivity contribution in [3.05, 3.63) is 58.9 Å². The lowest BCUT2D eigenvalue weighted by molar-refractivity contribution is 0.322. The minimum Gasteiger partial charge on any atom is -0.492 e. The summed E-state index contributed by atoms with van der Waals surface area (Å²) in [5.41, 5.74) is 2.66. The highest BCUT2D eigenvalue weighted by Gasteiger charge is 2.16. The van der Waals surface area contributed by atoms with Crippen LogP contribution in [-0.2, 0) is 10.0 Å². The standard InChI is InChI=1S/C17H20FNO3S/c1-12-4-6-16(11-13(12)2)22-9-8-19-23(20,21)17-7-5-15(18)10-14(17)3/h4-7,10-11,19H,8-9H2,1-3H3. The zero-order chi connectivity index (χ0) is 17.0. The number of aryl methyl sites for hydroxylation is 3. The number of ether oxygens (including phenoxy) is 1. The van der Waals surface area contributed by atoms with Gasteiger partial charge in [-0.25, -0.2) is 17.5 Å². The molecule has 2 aromatic rings. The first-order valence-corrected chi connectivity index (χ1v) is 8.74. The van der Waals surface area contributed by atoms with E-state index in [-0.39, 0.29) is 18.0 Å². The molecule has 2 aromatic carbocycles. The third-order valence-electron chi connectivity index (χ3n) is 3.57. The van der Waals surface area contributed by atoms with Gasteiger partial charge in [-0.1, -0.05) is 6.07 Å². The molecule has 2 rings (SSSR count). The molecule has 0 radical (unpaired) electrons. The summed E-state index contributed by atoms with van der Waals surface area (Å²) in [5, 5.41) is 0. The molecule has 4 nitrogen and oxygen atoms in total. The van der Waals surface area contributed by atoms with Gasteiger partial charge < -0.3 is 4.74 Å². The molecule has 23 heavy (non-hydrogen) atoms. The van der Waals surface area contributed by atoms with Crippen LogP contribution in [0.5, 0.6) is 5.75 Å². The predicted molar refractivity (Wildman–Crippen MR) is 87.7 cm³/mol. The molecule has 0 aliphatic heterocycles. The van der Waals surface area contributed by atoms with Gasteiger partial charge in [0.25, 0.3) is 0 Å². The molecule has 6 heteroatoms. The van der Waals surface area contributed by atoms with Crippen LogP contribution in [0.15, 0.2) is 41.3 Å². The zero-order valence-electron chi connectivity index (χ0n) is 13.4.